The van der Waals surface area contributed by atoms with Crippen molar-refractivity contribution in [1.29, 1.82) is 0 Å². The molecule has 2 nitrogen and oxygen atoms in total. The summed E-state index contributed by atoms with van der Waals surface area (Å²) in [6.07, 6.45) is 14.4. The zero-order valence-corrected chi connectivity index (χ0v) is 13.0. The maximum absolute atomic E-state index is 4.01. The van der Waals surface area contributed by atoms with Crippen molar-refractivity contribution in [3.63, 3.8) is 0 Å². The summed E-state index contributed by atoms with van der Waals surface area (Å²) in [7, 11) is 0. The Balaban J connectivity index is 1.73. The molecule has 0 aromatic rings. The molecule has 0 amide bonds. The van der Waals surface area contributed by atoms with Gasteiger partial charge in [-0.25, -0.2) is 0 Å². The minimum atomic E-state index is 0.300. The lowest BCUT2D eigenvalue weighted by atomic mass is 9.85. The SMILES string of the molecule is CC1(C)CN(C2CCCCCC2)CC2(CCCC2)N1. The van der Waals surface area contributed by atoms with Gasteiger partial charge < -0.3 is 5.32 Å². The van der Waals surface area contributed by atoms with Crippen LogP contribution in [-0.4, -0.2) is 35.1 Å². The zero-order valence-electron chi connectivity index (χ0n) is 13.0. The van der Waals surface area contributed by atoms with E-state index in [0.717, 1.165) is 6.04 Å². The van der Waals surface area contributed by atoms with Gasteiger partial charge in [0.2, 0.25) is 0 Å². The van der Waals surface area contributed by atoms with Crippen LogP contribution < -0.4 is 5.32 Å². The van der Waals surface area contributed by atoms with Crippen LogP contribution in [0, 0.1) is 0 Å². The summed E-state index contributed by atoms with van der Waals surface area (Å²) in [5.74, 6) is 0. The lowest BCUT2D eigenvalue weighted by Gasteiger charge is -2.52. The summed E-state index contributed by atoms with van der Waals surface area (Å²) >= 11 is 0. The minimum Gasteiger partial charge on any atom is -0.304 e. The zero-order chi connectivity index (χ0) is 13.3. The molecule has 3 aliphatic rings. The summed E-state index contributed by atoms with van der Waals surface area (Å²) in [5, 5.41) is 4.01. The number of hydrogen-bond acceptors (Lipinski definition) is 2. The highest BCUT2D eigenvalue weighted by molar-refractivity contribution is 5.06. The van der Waals surface area contributed by atoms with Gasteiger partial charge in [-0.05, 0) is 39.5 Å². The highest BCUT2D eigenvalue weighted by Gasteiger charge is 2.45. The molecule has 1 heterocycles. The molecule has 3 rings (SSSR count). The van der Waals surface area contributed by atoms with Gasteiger partial charge >= 0.3 is 0 Å². The molecule has 1 spiro atoms. The highest BCUT2D eigenvalue weighted by atomic mass is 15.3. The Bertz CT molecular complexity index is 296. The van der Waals surface area contributed by atoms with E-state index in [1.54, 1.807) is 0 Å². The van der Waals surface area contributed by atoms with Gasteiger partial charge in [-0.2, -0.15) is 0 Å². The summed E-state index contributed by atoms with van der Waals surface area (Å²) in [5.41, 5.74) is 0.753. The maximum atomic E-state index is 4.01. The third-order valence-electron chi connectivity index (χ3n) is 5.61. The van der Waals surface area contributed by atoms with Gasteiger partial charge in [0.15, 0.2) is 0 Å². The number of hydrogen-bond donors (Lipinski definition) is 1. The second-order valence-corrected chi connectivity index (χ2v) is 8.05. The van der Waals surface area contributed by atoms with Crippen LogP contribution in [0.3, 0.4) is 0 Å². The standard InChI is InChI=1S/C17H32N2/c1-16(2)13-19(15-9-5-3-4-6-10-15)14-17(18-16)11-7-8-12-17/h15,18H,3-14H2,1-2H3. The average Bonchev–Trinajstić information content (AvgIpc) is 2.64. The van der Waals surface area contributed by atoms with Crippen LogP contribution in [0.15, 0.2) is 0 Å². The van der Waals surface area contributed by atoms with Crippen LogP contribution in [0.5, 0.6) is 0 Å². The third-order valence-corrected chi connectivity index (χ3v) is 5.61. The predicted molar refractivity (Wildman–Crippen MR) is 81.5 cm³/mol. The van der Waals surface area contributed by atoms with Gasteiger partial charge in [-0.15, -0.1) is 0 Å². The molecule has 0 unspecified atom stereocenters. The maximum Gasteiger partial charge on any atom is 0.0314 e. The quantitative estimate of drug-likeness (QED) is 0.726. The first kappa shape index (κ1) is 13.9. The summed E-state index contributed by atoms with van der Waals surface area (Å²) in [6.45, 7) is 7.40. The fourth-order valence-corrected chi connectivity index (χ4v) is 4.97. The Kier molecular flexibility index (Phi) is 3.92. The molecule has 0 aromatic carbocycles. The van der Waals surface area contributed by atoms with Gasteiger partial charge in [0, 0.05) is 30.2 Å². The van der Waals surface area contributed by atoms with Crippen molar-refractivity contribution in [3.05, 3.63) is 0 Å². The van der Waals surface area contributed by atoms with Crippen molar-refractivity contribution in [2.75, 3.05) is 13.1 Å². The lowest BCUT2D eigenvalue weighted by molar-refractivity contribution is 0.0281. The van der Waals surface area contributed by atoms with Crippen molar-refractivity contribution in [1.82, 2.24) is 10.2 Å². The van der Waals surface area contributed by atoms with Gasteiger partial charge in [0.05, 0.1) is 0 Å². The summed E-state index contributed by atoms with van der Waals surface area (Å²) in [4.78, 5) is 2.87. The van der Waals surface area contributed by atoms with Crippen LogP contribution in [0.1, 0.15) is 78.1 Å². The van der Waals surface area contributed by atoms with Crippen LogP contribution in [0.2, 0.25) is 0 Å². The number of nitrogens with zero attached hydrogens (tertiary/aromatic N) is 1. The van der Waals surface area contributed by atoms with Crippen LogP contribution in [0.25, 0.3) is 0 Å². The normalized spacial score (nSPS) is 32.5. The average molecular weight is 264 g/mol. The van der Waals surface area contributed by atoms with Crippen LogP contribution in [-0.2, 0) is 0 Å². The Morgan fingerprint density at radius 3 is 2.11 bits per heavy atom. The van der Waals surface area contributed by atoms with E-state index >= 15 is 0 Å². The monoisotopic (exact) mass is 264 g/mol. The largest absolute Gasteiger partial charge is 0.304 e. The second-order valence-electron chi connectivity index (χ2n) is 8.05. The molecule has 1 saturated heterocycles. The van der Waals surface area contributed by atoms with E-state index in [2.05, 4.69) is 24.1 Å². The Hall–Kier alpha value is -0.0800. The van der Waals surface area contributed by atoms with E-state index in [-0.39, 0.29) is 0 Å². The molecule has 0 bridgehead atoms. The van der Waals surface area contributed by atoms with E-state index in [4.69, 9.17) is 0 Å². The van der Waals surface area contributed by atoms with E-state index in [1.807, 2.05) is 0 Å². The Labute approximate surface area is 119 Å². The smallest absolute Gasteiger partial charge is 0.0314 e. The second kappa shape index (κ2) is 5.37. The molecule has 0 aromatic heterocycles. The molecule has 1 aliphatic heterocycles. The number of nitrogens with one attached hydrogen (secondary N) is 1. The fraction of sp³-hybridized carbons (Fsp3) is 1.00. The van der Waals surface area contributed by atoms with Gasteiger partial charge in [0.1, 0.15) is 0 Å². The molecule has 110 valence electrons. The van der Waals surface area contributed by atoms with Crippen molar-refractivity contribution >= 4 is 0 Å². The molecular weight excluding hydrogens is 232 g/mol. The third kappa shape index (κ3) is 3.16. The minimum absolute atomic E-state index is 0.300. The van der Waals surface area contributed by atoms with E-state index < -0.39 is 0 Å². The van der Waals surface area contributed by atoms with Crippen molar-refractivity contribution in [3.8, 4) is 0 Å². The molecule has 1 N–H and O–H groups in total. The molecule has 0 radical (unpaired) electrons. The van der Waals surface area contributed by atoms with E-state index in [9.17, 15) is 0 Å². The van der Waals surface area contributed by atoms with E-state index in [0.29, 0.717) is 11.1 Å². The molecule has 2 aliphatic carbocycles. The molecule has 19 heavy (non-hydrogen) atoms. The van der Waals surface area contributed by atoms with Crippen molar-refractivity contribution < 1.29 is 0 Å². The molecule has 0 atom stereocenters. The molecule has 3 fully saturated rings. The highest BCUT2D eigenvalue weighted by Crippen LogP contribution is 2.37. The molecule has 2 heteroatoms. The van der Waals surface area contributed by atoms with E-state index in [1.165, 1.54) is 77.3 Å². The topological polar surface area (TPSA) is 15.3 Å². The first-order chi connectivity index (χ1) is 9.09. The molecular formula is C17H32N2. The van der Waals surface area contributed by atoms with Crippen LogP contribution >= 0.6 is 0 Å². The number of piperazine rings is 1. The van der Waals surface area contributed by atoms with Crippen molar-refractivity contribution in [2.45, 2.75) is 95.2 Å². The molecule has 2 saturated carbocycles. The Morgan fingerprint density at radius 2 is 1.47 bits per heavy atom. The fourth-order valence-electron chi connectivity index (χ4n) is 4.97. The number of rotatable bonds is 1. The summed E-state index contributed by atoms with van der Waals surface area (Å²) < 4.78 is 0. The first-order valence-electron chi connectivity index (χ1n) is 8.62. The van der Waals surface area contributed by atoms with Crippen LogP contribution in [0.4, 0.5) is 0 Å². The van der Waals surface area contributed by atoms with Crippen molar-refractivity contribution in [2.24, 2.45) is 0 Å². The lowest BCUT2D eigenvalue weighted by Crippen LogP contribution is -2.69. The van der Waals surface area contributed by atoms with Gasteiger partial charge in [-0.3, -0.25) is 4.90 Å². The first-order valence-corrected chi connectivity index (χ1v) is 8.62. The Morgan fingerprint density at radius 1 is 0.842 bits per heavy atom. The summed E-state index contributed by atoms with van der Waals surface area (Å²) in [6, 6.07) is 0.876. The van der Waals surface area contributed by atoms with Gasteiger partial charge in [0.25, 0.3) is 0 Å². The van der Waals surface area contributed by atoms with Gasteiger partial charge in [-0.1, -0.05) is 38.5 Å². The predicted octanol–water partition coefficient (Wildman–Crippen LogP) is 3.71.